The van der Waals surface area contributed by atoms with Crippen LogP contribution in [0.5, 0.6) is 0 Å². The first-order chi connectivity index (χ1) is 6.29. The quantitative estimate of drug-likeness (QED) is 0.607. The predicted molar refractivity (Wildman–Crippen MR) is 47.7 cm³/mol. The fourth-order valence-electron chi connectivity index (χ4n) is 1.47. The van der Waals surface area contributed by atoms with Crippen molar-refractivity contribution in [2.45, 2.75) is 31.2 Å². The van der Waals surface area contributed by atoms with Gasteiger partial charge in [-0.1, -0.05) is 0 Å². The van der Waals surface area contributed by atoms with Crippen LogP contribution >= 0.6 is 0 Å². The van der Waals surface area contributed by atoms with E-state index in [1.54, 1.807) is 14.2 Å². The Kier molecular flexibility index (Phi) is 4.66. The van der Waals surface area contributed by atoms with Gasteiger partial charge in [-0.3, -0.25) is 0 Å². The van der Waals surface area contributed by atoms with Crippen LogP contribution in [0.1, 0.15) is 12.8 Å². The van der Waals surface area contributed by atoms with Crippen molar-refractivity contribution in [1.82, 2.24) is 0 Å². The van der Waals surface area contributed by atoms with Gasteiger partial charge in [0.2, 0.25) is 0 Å². The Bertz CT molecular complexity index is 140. The molecule has 0 aromatic heterocycles. The van der Waals surface area contributed by atoms with E-state index in [0.29, 0.717) is 19.6 Å². The van der Waals surface area contributed by atoms with Gasteiger partial charge in [0.05, 0.1) is 12.2 Å². The molecule has 4 heteroatoms. The molecule has 1 fully saturated rings. The number of hydrogen-bond acceptors (Lipinski definition) is 4. The molecule has 1 aliphatic carbocycles. The third-order valence-electron chi connectivity index (χ3n) is 2.32. The van der Waals surface area contributed by atoms with Crippen LogP contribution < -0.4 is 0 Å². The van der Waals surface area contributed by atoms with Gasteiger partial charge in [0.1, 0.15) is 6.10 Å². The lowest BCUT2D eigenvalue weighted by molar-refractivity contribution is -0.182. The molecule has 0 heterocycles. The molecule has 78 valence electrons. The van der Waals surface area contributed by atoms with Crippen molar-refractivity contribution in [3.8, 4) is 0 Å². The highest BCUT2D eigenvalue weighted by atomic mass is 16.6. The molecule has 0 amide bonds. The van der Waals surface area contributed by atoms with Crippen LogP contribution in [-0.2, 0) is 14.2 Å². The molecule has 1 rings (SSSR count). The Hall–Kier alpha value is -0.160. The summed E-state index contributed by atoms with van der Waals surface area (Å²) >= 11 is 0. The molecule has 1 N–H and O–H groups in total. The molecular weight excluding hydrogens is 172 g/mol. The van der Waals surface area contributed by atoms with Gasteiger partial charge in [-0.05, 0) is 6.42 Å². The first-order valence-corrected chi connectivity index (χ1v) is 4.61. The minimum absolute atomic E-state index is 0.0665. The first kappa shape index (κ1) is 10.9. The maximum atomic E-state index is 9.25. The van der Waals surface area contributed by atoms with Crippen LogP contribution in [0, 0.1) is 0 Å². The Labute approximate surface area is 78.8 Å². The maximum Gasteiger partial charge on any atom is 0.109 e. The van der Waals surface area contributed by atoms with Gasteiger partial charge in [0.15, 0.2) is 0 Å². The van der Waals surface area contributed by atoms with Crippen LogP contribution in [0.3, 0.4) is 0 Å². The van der Waals surface area contributed by atoms with Gasteiger partial charge >= 0.3 is 0 Å². The van der Waals surface area contributed by atoms with Crippen LogP contribution in [0.4, 0.5) is 0 Å². The molecule has 0 spiro atoms. The smallest absolute Gasteiger partial charge is 0.109 e. The summed E-state index contributed by atoms with van der Waals surface area (Å²) in [6, 6.07) is 0. The lowest BCUT2D eigenvalue weighted by atomic mass is 9.88. The zero-order valence-electron chi connectivity index (χ0n) is 8.23. The molecule has 0 aromatic rings. The summed E-state index contributed by atoms with van der Waals surface area (Å²) in [5.41, 5.74) is 0. The lowest BCUT2D eigenvalue weighted by Crippen LogP contribution is -2.53. The van der Waals surface area contributed by atoms with E-state index in [4.69, 9.17) is 14.2 Å². The number of aliphatic hydroxyl groups excluding tert-OH is 1. The molecular formula is C9H18O4. The van der Waals surface area contributed by atoms with Crippen molar-refractivity contribution in [1.29, 1.82) is 0 Å². The van der Waals surface area contributed by atoms with Crippen molar-refractivity contribution in [2.75, 3.05) is 27.4 Å². The molecule has 4 nitrogen and oxygen atoms in total. The summed E-state index contributed by atoms with van der Waals surface area (Å²) in [7, 11) is 3.27. The number of methoxy groups -OCH3 is 2. The van der Waals surface area contributed by atoms with E-state index in [2.05, 4.69) is 0 Å². The van der Waals surface area contributed by atoms with Gasteiger partial charge in [0, 0.05) is 33.9 Å². The largest absolute Gasteiger partial charge is 0.390 e. The van der Waals surface area contributed by atoms with E-state index >= 15 is 0 Å². The van der Waals surface area contributed by atoms with Crippen molar-refractivity contribution in [3.05, 3.63) is 0 Å². The normalized spacial score (nSPS) is 33.0. The minimum Gasteiger partial charge on any atom is -0.390 e. The second-order valence-electron chi connectivity index (χ2n) is 3.26. The van der Waals surface area contributed by atoms with Crippen molar-refractivity contribution < 1.29 is 19.3 Å². The summed E-state index contributed by atoms with van der Waals surface area (Å²) in [5, 5.41) is 9.25. The van der Waals surface area contributed by atoms with E-state index in [-0.39, 0.29) is 18.3 Å². The fraction of sp³-hybridized carbons (Fsp3) is 1.00. The third-order valence-corrected chi connectivity index (χ3v) is 2.32. The van der Waals surface area contributed by atoms with E-state index in [1.807, 2.05) is 0 Å². The average molecular weight is 190 g/mol. The molecule has 1 saturated carbocycles. The maximum absolute atomic E-state index is 9.25. The monoisotopic (exact) mass is 190 g/mol. The van der Waals surface area contributed by atoms with Gasteiger partial charge in [0.25, 0.3) is 0 Å². The zero-order valence-corrected chi connectivity index (χ0v) is 8.23. The molecule has 3 unspecified atom stereocenters. The standard InChI is InChI=1S/C9H18O4/c1-11-4-3-5-13-8-6-7(10)9(8)12-2/h7-10H,3-6H2,1-2H3. The lowest BCUT2D eigenvalue weighted by Gasteiger charge is -2.39. The molecule has 0 aromatic carbocycles. The van der Waals surface area contributed by atoms with Crippen LogP contribution in [0.2, 0.25) is 0 Å². The van der Waals surface area contributed by atoms with Crippen LogP contribution in [-0.4, -0.2) is 50.9 Å². The SMILES string of the molecule is COCCCOC1CC(O)C1OC. The second kappa shape index (κ2) is 5.54. The fourth-order valence-corrected chi connectivity index (χ4v) is 1.47. The Balaban J connectivity index is 2.03. The van der Waals surface area contributed by atoms with E-state index in [0.717, 1.165) is 6.42 Å². The average Bonchev–Trinajstić information content (AvgIpc) is 2.11. The van der Waals surface area contributed by atoms with Gasteiger partial charge in [-0.25, -0.2) is 0 Å². The molecule has 13 heavy (non-hydrogen) atoms. The zero-order chi connectivity index (χ0) is 9.68. The Morgan fingerprint density at radius 3 is 2.62 bits per heavy atom. The molecule has 0 saturated heterocycles. The number of hydrogen-bond donors (Lipinski definition) is 1. The van der Waals surface area contributed by atoms with Crippen LogP contribution in [0.15, 0.2) is 0 Å². The number of rotatable bonds is 6. The van der Waals surface area contributed by atoms with E-state index < -0.39 is 0 Å². The molecule has 0 aliphatic heterocycles. The van der Waals surface area contributed by atoms with Gasteiger partial charge in [-0.15, -0.1) is 0 Å². The highest BCUT2D eigenvalue weighted by molar-refractivity contribution is 4.91. The number of ether oxygens (including phenoxy) is 3. The molecule has 3 atom stereocenters. The summed E-state index contributed by atoms with van der Waals surface area (Å²) in [4.78, 5) is 0. The second-order valence-corrected chi connectivity index (χ2v) is 3.26. The molecule has 0 radical (unpaired) electrons. The summed E-state index contributed by atoms with van der Waals surface area (Å²) in [5.74, 6) is 0. The molecule has 1 aliphatic rings. The van der Waals surface area contributed by atoms with Gasteiger partial charge < -0.3 is 19.3 Å². The highest BCUT2D eigenvalue weighted by Crippen LogP contribution is 2.26. The van der Waals surface area contributed by atoms with Crippen molar-refractivity contribution >= 4 is 0 Å². The third kappa shape index (κ3) is 2.91. The van der Waals surface area contributed by atoms with E-state index in [1.165, 1.54) is 0 Å². The topological polar surface area (TPSA) is 47.9 Å². The van der Waals surface area contributed by atoms with E-state index in [9.17, 15) is 5.11 Å². The summed E-state index contributed by atoms with van der Waals surface area (Å²) < 4.78 is 15.4. The Morgan fingerprint density at radius 2 is 2.08 bits per heavy atom. The minimum atomic E-state index is -0.350. The Morgan fingerprint density at radius 1 is 1.31 bits per heavy atom. The highest BCUT2D eigenvalue weighted by Gasteiger charge is 2.40. The predicted octanol–water partition coefficient (Wildman–Crippen LogP) is 0.188. The summed E-state index contributed by atoms with van der Waals surface area (Å²) in [6.45, 7) is 1.39. The van der Waals surface area contributed by atoms with Crippen LogP contribution in [0.25, 0.3) is 0 Å². The van der Waals surface area contributed by atoms with Crippen molar-refractivity contribution in [3.63, 3.8) is 0 Å². The summed E-state index contributed by atoms with van der Waals surface area (Å²) in [6.07, 6.45) is 1.15. The molecule has 0 bridgehead atoms. The van der Waals surface area contributed by atoms with Gasteiger partial charge in [-0.2, -0.15) is 0 Å². The first-order valence-electron chi connectivity index (χ1n) is 4.61. The number of aliphatic hydroxyl groups is 1. The van der Waals surface area contributed by atoms with Crippen molar-refractivity contribution in [2.24, 2.45) is 0 Å².